The maximum absolute atomic E-state index is 12.5. The number of unbranched alkanes of at least 4 members (excludes halogenated alkanes) is 1. The molecule has 1 N–H and O–H groups in total. The summed E-state index contributed by atoms with van der Waals surface area (Å²) < 4.78 is 43.4. The van der Waals surface area contributed by atoms with Gasteiger partial charge < -0.3 is 14.0 Å². The normalized spacial score (nSPS) is 13.7. The number of aromatic nitrogens is 1. The van der Waals surface area contributed by atoms with Crippen molar-refractivity contribution in [3.63, 3.8) is 0 Å². The molecule has 0 bridgehead atoms. The number of nitrogens with zero attached hydrogens (tertiary/aromatic N) is 1. The Morgan fingerprint density at radius 3 is 2.62 bits per heavy atom. The Bertz CT molecular complexity index is 740. The van der Waals surface area contributed by atoms with Crippen LogP contribution in [-0.2, 0) is 25.2 Å². The molecule has 1 unspecified atom stereocenters. The van der Waals surface area contributed by atoms with E-state index in [1.807, 2.05) is 19.1 Å². The lowest BCUT2D eigenvalue weighted by Crippen LogP contribution is -2.45. The average molecular weight is 356 g/mol. The molecular weight excluding hydrogens is 332 g/mol. The zero-order valence-electron chi connectivity index (χ0n) is 14.2. The molecule has 2 rings (SSSR count). The molecule has 0 saturated heterocycles. The zero-order valence-corrected chi connectivity index (χ0v) is 15.0. The first-order chi connectivity index (χ1) is 11.5. The lowest BCUT2D eigenvalue weighted by Gasteiger charge is -2.25. The highest BCUT2D eigenvalue weighted by Gasteiger charge is 2.27. The van der Waals surface area contributed by atoms with Crippen LogP contribution in [0, 0.1) is 0 Å². The second-order valence-electron chi connectivity index (χ2n) is 5.59. The molecular formula is C16H24N2O5S. The van der Waals surface area contributed by atoms with Gasteiger partial charge in [0.25, 0.3) is 0 Å². The minimum atomic E-state index is -3.62. The number of fused-ring (bicyclic) bond motifs is 1. The lowest BCUT2D eigenvalue weighted by molar-refractivity contribution is -0.120. The smallest absolute Gasteiger partial charge is 0.217 e. The quantitative estimate of drug-likeness (QED) is 0.658. The summed E-state index contributed by atoms with van der Waals surface area (Å²) in [5.74, 6) is -0.257. The van der Waals surface area contributed by atoms with Crippen molar-refractivity contribution in [2.75, 3.05) is 14.2 Å². The molecule has 1 aromatic heterocycles. The third kappa shape index (κ3) is 4.76. The topological polar surface area (TPSA) is 90.7 Å². The van der Waals surface area contributed by atoms with Crippen LogP contribution >= 0.6 is 0 Å². The van der Waals surface area contributed by atoms with Gasteiger partial charge in [0.05, 0.1) is 6.04 Å². The molecule has 1 heterocycles. The van der Waals surface area contributed by atoms with E-state index in [9.17, 15) is 8.42 Å². The molecule has 1 aromatic carbocycles. The molecule has 0 aliphatic rings. The number of rotatable bonds is 10. The molecule has 0 saturated carbocycles. The van der Waals surface area contributed by atoms with Crippen LogP contribution in [0.2, 0.25) is 0 Å². The van der Waals surface area contributed by atoms with E-state index in [4.69, 9.17) is 14.0 Å². The summed E-state index contributed by atoms with van der Waals surface area (Å²) in [6, 6.07) is 6.72. The van der Waals surface area contributed by atoms with Crippen molar-refractivity contribution in [1.82, 2.24) is 9.88 Å². The molecule has 0 aliphatic carbocycles. The summed E-state index contributed by atoms with van der Waals surface area (Å²) in [4.78, 5) is 0. The molecule has 0 spiro atoms. The molecule has 7 nitrogen and oxygen atoms in total. The van der Waals surface area contributed by atoms with Gasteiger partial charge in [-0.25, -0.2) is 13.1 Å². The highest BCUT2D eigenvalue weighted by molar-refractivity contribution is 7.88. The van der Waals surface area contributed by atoms with Gasteiger partial charge in [0.15, 0.2) is 11.9 Å². The highest BCUT2D eigenvalue weighted by Crippen LogP contribution is 2.20. The number of hydrogen-bond donors (Lipinski definition) is 1. The summed E-state index contributed by atoms with van der Waals surface area (Å²) in [5.41, 5.74) is 0.954. The van der Waals surface area contributed by atoms with E-state index in [1.54, 1.807) is 12.1 Å². The summed E-state index contributed by atoms with van der Waals surface area (Å²) in [6.45, 7) is 2.04. The van der Waals surface area contributed by atoms with Crippen molar-refractivity contribution in [3.05, 3.63) is 30.0 Å². The third-order valence-corrected chi connectivity index (χ3v) is 5.09. The SMILES string of the molecule is CCCCC(NS(=O)(=O)Cc1noc2ccccc12)C(OC)OC. The van der Waals surface area contributed by atoms with Crippen molar-refractivity contribution in [2.24, 2.45) is 0 Å². The second kappa shape index (κ2) is 8.57. The maximum Gasteiger partial charge on any atom is 0.217 e. The van der Waals surface area contributed by atoms with Crippen LogP contribution in [-0.4, -0.2) is 40.1 Å². The highest BCUT2D eigenvalue weighted by atomic mass is 32.2. The van der Waals surface area contributed by atoms with Crippen LogP contribution in [0.4, 0.5) is 0 Å². The van der Waals surface area contributed by atoms with Gasteiger partial charge in [-0.1, -0.05) is 37.1 Å². The van der Waals surface area contributed by atoms with Crippen LogP contribution in [0.3, 0.4) is 0 Å². The van der Waals surface area contributed by atoms with E-state index < -0.39 is 22.4 Å². The molecule has 0 aliphatic heterocycles. The lowest BCUT2D eigenvalue weighted by atomic mass is 10.1. The third-order valence-electron chi connectivity index (χ3n) is 3.77. The number of para-hydroxylation sites is 1. The van der Waals surface area contributed by atoms with Gasteiger partial charge in [-0.3, -0.25) is 0 Å². The van der Waals surface area contributed by atoms with Gasteiger partial charge in [0, 0.05) is 19.6 Å². The molecule has 8 heteroatoms. The van der Waals surface area contributed by atoms with E-state index in [-0.39, 0.29) is 5.75 Å². The fourth-order valence-electron chi connectivity index (χ4n) is 2.59. The Labute approximate surface area is 142 Å². The zero-order chi connectivity index (χ0) is 17.6. The maximum atomic E-state index is 12.5. The van der Waals surface area contributed by atoms with Gasteiger partial charge in [-0.15, -0.1) is 0 Å². The molecule has 0 fully saturated rings. The van der Waals surface area contributed by atoms with E-state index in [0.29, 0.717) is 23.1 Å². The van der Waals surface area contributed by atoms with E-state index >= 15 is 0 Å². The van der Waals surface area contributed by atoms with Crippen molar-refractivity contribution in [1.29, 1.82) is 0 Å². The molecule has 1 atom stereocenters. The summed E-state index contributed by atoms with van der Waals surface area (Å²) in [7, 11) is -0.638. The van der Waals surface area contributed by atoms with E-state index in [2.05, 4.69) is 9.88 Å². The first kappa shape index (κ1) is 18.9. The molecule has 0 radical (unpaired) electrons. The van der Waals surface area contributed by atoms with Crippen LogP contribution in [0.15, 0.2) is 28.8 Å². The van der Waals surface area contributed by atoms with Gasteiger partial charge >= 0.3 is 0 Å². The van der Waals surface area contributed by atoms with Crippen LogP contribution < -0.4 is 4.72 Å². The Balaban J connectivity index is 2.15. The number of nitrogens with one attached hydrogen (secondary N) is 1. The summed E-state index contributed by atoms with van der Waals surface area (Å²) >= 11 is 0. The predicted octanol–water partition coefficient (Wildman–Crippen LogP) is 2.42. The van der Waals surface area contributed by atoms with Crippen LogP contribution in [0.25, 0.3) is 11.0 Å². The largest absolute Gasteiger partial charge is 0.356 e. The number of benzene rings is 1. The van der Waals surface area contributed by atoms with Gasteiger partial charge in [0.1, 0.15) is 11.4 Å². The van der Waals surface area contributed by atoms with Crippen molar-refractivity contribution in [3.8, 4) is 0 Å². The number of ether oxygens (including phenoxy) is 2. The Morgan fingerprint density at radius 1 is 1.25 bits per heavy atom. The Morgan fingerprint density at radius 2 is 1.96 bits per heavy atom. The minimum Gasteiger partial charge on any atom is -0.356 e. The van der Waals surface area contributed by atoms with Gasteiger partial charge in [-0.2, -0.15) is 0 Å². The van der Waals surface area contributed by atoms with Crippen LogP contribution in [0.5, 0.6) is 0 Å². The average Bonchev–Trinajstić information content (AvgIpc) is 2.96. The Kier molecular flexibility index (Phi) is 6.73. The second-order valence-corrected chi connectivity index (χ2v) is 7.34. The monoisotopic (exact) mass is 356 g/mol. The Hall–Kier alpha value is -1.48. The molecule has 0 amide bonds. The van der Waals surface area contributed by atoms with Crippen molar-refractivity contribution < 1.29 is 22.4 Å². The van der Waals surface area contributed by atoms with Crippen molar-refractivity contribution in [2.45, 2.75) is 44.3 Å². The standard InChI is InChI=1S/C16H24N2O5S/c1-4-5-9-13(16(21-2)22-3)18-24(19,20)11-14-12-8-6-7-10-15(12)23-17-14/h6-8,10,13,16,18H,4-5,9,11H2,1-3H3. The summed E-state index contributed by atoms with van der Waals surface area (Å²) in [5, 5.41) is 4.58. The molecule has 134 valence electrons. The van der Waals surface area contributed by atoms with Gasteiger partial charge in [-0.05, 0) is 18.6 Å². The van der Waals surface area contributed by atoms with Crippen molar-refractivity contribution >= 4 is 21.0 Å². The fraction of sp³-hybridized carbons (Fsp3) is 0.562. The fourth-order valence-corrected chi connectivity index (χ4v) is 3.94. The molecule has 2 aromatic rings. The van der Waals surface area contributed by atoms with Crippen LogP contribution in [0.1, 0.15) is 31.9 Å². The van der Waals surface area contributed by atoms with E-state index in [1.165, 1.54) is 14.2 Å². The first-order valence-electron chi connectivity index (χ1n) is 7.89. The minimum absolute atomic E-state index is 0.257. The number of sulfonamides is 1. The number of methoxy groups -OCH3 is 2. The predicted molar refractivity (Wildman–Crippen MR) is 90.9 cm³/mol. The van der Waals surface area contributed by atoms with Gasteiger partial charge in [0.2, 0.25) is 10.0 Å². The van der Waals surface area contributed by atoms with E-state index in [0.717, 1.165) is 12.8 Å². The summed E-state index contributed by atoms with van der Waals surface area (Å²) in [6.07, 6.45) is 1.80. The first-order valence-corrected chi connectivity index (χ1v) is 9.54. The molecule has 24 heavy (non-hydrogen) atoms. The number of hydrogen-bond acceptors (Lipinski definition) is 6.